The summed E-state index contributed by atoms with van der Waals surface area (Å²) in [5.41, 5.74) is 1.41. The minimum Gasteiger partial charge on any atom is -0.497 e. The maximum atomic E-state index is 12.4. The lowest BCUT2D eigenvalue weighted by molar-refractivity contribution is -0.145. The van der Waals surface area contributed by atoms with Crippen LogP contribution in [-0.2, 0) is 9.59 Å². The largest absolute Gasteiger partial charge is 0.497 e. The molecule has 0 radical (unpaired) electrons. The van der Waals surface area contributed by atoms with Crippen molar-refractivity contribution in [2.24, 2.45) is 4.99 Å². The molecule has 1 amide bonds. The van der Waals surface area contributed by atoms with Crippen molar-refractivity contribution in [3.05, 3.63) is 52.9 Å². The van der Waals surface area contributed by atoms with E-state index < -0.39 is 12.1 Å². The molecule has 0 aromatic heterocycles. The van der Waals surface area contributed by atoms with Crippen LogP contribution in [0.3, 0.4) is 0 Å². The van der Waals surface area contributed by atoms with E-state index in [0.29, 0.717) is 45.9 Å². The van der Waals surface area contributed by atoms with E-state index in [1.54, 1.807) is 62.6 Å². The van der Waals surface area contributed by atoms with Gasteiger partial charge in [0.15, 0.2) is 22.8 Å². The average Bonchev–Trinajstić information content (AvgIpc) is 3.12. The summed E-state index contributed by atoms with van der Waals surface area (Å²) in [6.45, 7) is 3.94. The number of methoxy groups -OCH3 is 1. The molecule has 8 nitrogen and oxygen atoms in total. The fourth-order valence-corrected chi connectivity index (χ4v) is 3.69. The predicted octanol–water partition coefficient (Wildman–Crippen LogP) is 4.23. The number of hydrogen-bond donors (Lipinski definition) is 2. The maximum absolute atomic E-state index is 12.4. The van der Waals surface area contributed by atoms with Gasteiger partial charge in [0, 0.05) is 0 Å². The third kappa shape index (κ3) is 5.82. The highest BCUT2D eigenvalue weighted by Crippen LogP contribution is 2.33. The molecule has 1 saturated heterocycles. The number of carboxylic acid groups (broad SMARTS) is 1. The average molecular weight is 457 g/mol. The molecule has 1 fully saturated rings. The van der Waals surface area contributed by atoms with Crippen LogP contribution in [0.25, 0.3) is 6.08 Å². The third-order valence-electron chi connectivity index (χ3n) is 4.43. The van der Waals surface area contributed by atoms with Gasteiger partial charge in [0.1, 0.15) is 5.75 Å². The second-order valence-electron chi connectivity index (χ2n) is 6.67. The Bertz CT molecular complexity index is 1050. The Morgan fingerprint density at radius 2 is 1.94 bits per heavy atom. The molecule has 1 aliphatic rings. The highest BCUT2D eigenvalue weighted by atomic mass is 32.2. The van der Waals surface area contributed by atoms with Crippen molar-refractivity contribution in [1.29, 1.82) is 0 Å². The van der Waals surface area contributed by atoms with Gasteiger partial charge >= 0.3 is 5.97 Å². The van der Waals surface area contributed by atoms with Crippen LogP contribution in [0.5, 0.6) is 17.2 Å². The fraction of sp³-hybridized carbons (Fsp3) is 0.261. The number of aliphatic imine (C=N–C) groups is 1. The van der Waals surface area contributed by atoms with Crippen molar-refractivity contribution in [2.45, 2.75) is 26.4 Å². The number of nitrogens with zero attached hydrogens (tertiary/aromatic N) is 1. The number of amides is 1. The zero-order valence-electron chi connectivity index (χ0n) is 18.0. The number of ether oxygens (including phenoxy) is 3. The van der Waals surface area contributed by atoms with E-state index in [4.69, 9.17) is 14.2 Å². The van der Waals surface area contributed by atoms with Crippen LogP contribution in [0, 0.1) is 0 Å². The molecule has 1 unspecified atom stereocenters. The molecule has 9 heteroatoms. The summed E-state index contributed by atoms with van der Waals surface area (Å²) >= 11 is 1.23. The quantitative estimate of drug-likeness (QED) is 0.544. The number of carboxylic acids is 1. The molecular formula is C23H24N2O6S. The maximum Gasteiger partial charge on any atom is 0.344 e. The van der Waals surface area contributed by atoms with E-state index >= 15 is 0 Å². The Balaban J connectivity index is 1.80. The van der Waals surface area contributed by atoms with Gasteiger partial charge in [0.25, 0.3) is 5.91 Å². The van der Waals surface area contributed by atoms with E-state index in [0.717, 1.165) is 5.75 Å². The lowest BCUT2D eigenvalue weighted by atomic mass is 10.1. The van der Waals surface area contributed by atoms with Crippen molar-refractivity contribution in [2.75, 3.05) is 13.7 Å². The number of amidine groups is 1. The topological polar surface area (TPSA) is 106 Å². The van der Waals surface area contributed by atoms with Gasteiger partial charge in [-0.05, 0) is 73.1 Å². The standard InChI is InChI=1S/C23H24N2O6S/c1-4-17(22(27)28)31-18-11-6-14(12-19(18)30-5-2)13-20-21(26)25-23(32-20)24-15-7-9-16(29-3)10-8-15/h6-13,17H,4-5H2,1-3H3,(H,27,28)(H,24,25,26)/b20-13+. The molecule has 0 spiro atoms. The van der Waals surface area contributed by atoms with E-state index in [9.17, 15) is 14.7 Å². The Kier molecular flexibility index (Phi) is 7.77. The zero-order valence-corrected chi connectivity index (χ0v) is 18.8. The first-order valence-electron chi connectivity index (χ1n) is 10.0. The normalized spacial score (nSPS) is 16.7. The molecule has 3 rings (SSSR count). The molecule has 1 heterocycles. The summed E-state index contributed by atoms with van der Waals surface area (Å²) in [7, 11) is 1.59. The SMILES string of the molecule is CCOc1cc(/C=C2/SC(=Nc3ccc(OC)cc3)NC2=O)ccc1OC(CC)C(=O)O. The monoisotopic (exact) mass is 456 g/mol. The van der Waals surface area contributed by atoms with E-state index in [-0.39, 0.29) is 5.91 Å². The van der Waals surface area contributed by atoms with Crippen molar-refractivity contribution in [3.8, 4) is 17.2 Å². The number of nitrogens with one attached hydrogen (secondary N) is 1. The predicted molar refractivity (Wildman–Crippen MR) is 124 cm³/mol. The first-order chi connectivity index (χ1) is 15.4. The van der Waals surface area contributed by atoms with Crippen LogP contribution in [0.15, 0.2) is 52.4 Å². The first-order valence-corrected chi connectivity index (χ1v) is 10.8. The summed E-state index contributed by atoms with van der Waals surface area (Å²) < 4.78 is 16.4. The molecule has 0 bridgehead atoms. The number of aliphatic carboxylic acids is 1. The molecule has 168 valence electrons. The van der Waals surface area contributed by atoms with E-state index in [1.807, 2.05) is 6.92 Å². The molecular weight excluding hydrogens is 432 g/mol. The van der Waals surface area contributed by atoms with Gasteiger partial charge in [-0.1, -0.05) is 13.0 Å². The van der Waals surface area contributed by atoms with Crippen LogP contribution in [0.1, 0.15) is 25.8 Å². The molecule has 1 atom stereocenters. The van der Waals surface area contributed by atoms with Gasteiger partial charge in [0.05, 0.1) is 24.3 Å². The molecule has 2 N–H and O–H groups in total. The van der Waals surface area contributed by atoms with E-state index in [2.05, 4.69) is 10.3 Å². The summed E-state index contributed by atoms with van der Waals surface area (Å²) in [6, 6.07) is 12.3. The lowest BCUT2D eigenvalue weighted by Crippen LogP contribution is -2.26. The third-order valence-corrected chi connectivity index (χ3v) is 5.34. The molecule has 2 aromatic carbocycles. The number of carbonyl (C=O) groups is 2. The highest BCUT2D eigenvalue weighted by molar-refractivity contribution is 8.18. The zero-order chi connectivity index (χ0) is 23.1. The van der Waals surface area contributed by atoms with Gasteiger partial charge in [-0.2, -0.15) is 0 Å². The lowest BCUT2D eigenvalue weighted by Gasteiger charge is -2.16. The van der Waals surface area contributed by atoms with Crippen LogP contribution in [0.4, 0.5) is 5.69 Å². The number of benzene rings is 2. The van der Waals surface area contributed by atoms with Crippen molar-refractivity contribution < 1.29 is 28.9 Å². The number of rotatable bonds is 9. The van der Waals surface area contributed by atoms with Gasteiger partial charge < -0.3 is 24.6 Å². The minimum atomic E-state index is -1.04. The Morgan fingerprint density at radius 3 is 2.56 bits per heavy atom. The van der Waals surface area contributed by atoms with Crippen LogP contribution < -0.4 is 19.5 Å². The van der Waals surface area contributed by atoms with Crippen molar-refractivity contribution >= 4 is 40.6 Å². The Hall–Kier alpha value is -3.46. The van der Waals surface area contributed by atoms with Crippen molar-refractivity contribution in [3.63, 3.8) is 0 Å². The number of hydrogen-bond acceptors (Lipinski definition) is 7. The van der Waals surface area contributed by atoms with Gasteiger partial charge in [0.2, 0.25) is 0 Å². The molecule has 0 aliphatic carbocycles. The molecule has 32 heavy (non-hydrogen) atoms. The fourth-order valence-electron chi connectivity index (χ4n) is 2.85. The van der Waals surface area contributed by atoms with E-state index in [1.165, 1.54) is 11.8 Å². The Labute approximate surface area is 190 Å². The van der Waals surface area contributed by atoms with Gasteiger partial charge in [-0.3, -0.25) is 4.79 Å². The second-order valence-corrected chi connectivity index (χ2v) is 7.70. The minimum absolute atomic E-state index is 0.252. The van der Waals surface area contributed by atoms with Gasteiger partial charge in [-0.15, -0.1) is 0 Å². The van der Waals surface area contributed by atoms with Crippen molar-refractivity contribution in [1.82, 2.24) is 5.32 Å². The Morgan fingerprint density at radius 1 is 1.19 bits per heavy atom. The van der Waals surface area contributed by atoms with Crippen LogP contribution in [-0.4, -0.2) is 42.0 Å². The summed E-state index contributed by atoms with van der Waals surface area (Å²) in [6.07, 6.45) is 1.07. The highest BCUT2D eigenvalue weighted by Gasteiger charge is 2.24. The molecule has 1 aliphatic heterocycles. The molecule has 2 aromatic rings. The summed E-state index contributed by atoms with van der Waals surface area (Å²) in [5, 5.41) is 12.5. The summed E-state index contributed by atoms with van der Waals surface area (Å²) in [4.78, 5) is 28.6. The number of carbonyl (C=O) groups excluding carboxylic acids is 1. The summed E-state index contributed by atoms with van der Waals surface area (Å²) in [5.74, 6) is 0.190. The van der Waals surface area contributed by atoms with Crippen LogP contribution >= 0.6 is 11.8 Å². The van der Waals surface area contributed by atoms with Gasteiger partial charge in [-0.25, -0.2) is 9.79 Å². The van der Waals surface area contributed by atoms with Crippen LogP contribution in [0.2, 0.25) is 0 Å². The first kappa shape index (κ1) is 23.2. The molecule has 0 saturated carbocycles. The smallest absolute Gasteiger partial charge is 0.344 e. The number of thioether (sulfide) groups is 1. The second kappa shape index (κ2) is 10.7.